The van der Waals surface area contributed by atoms with E-state index in [0.717, 1.165) is 12.2 Å². The standard InChI is InChI=1S/C17H24O2/c1-14(18)6-5-13-19-16-9-7-15(8-10-16)11-12-17(2,3)4/h7-12H,5-6,13H2,1-4H3/b12-11-. The van der Waals surface area contributed by atoms with Crippen LogP contribution in [0.3, 0.4) is 0 Å². The zero-order chi connectivity index (χ0) is 14.3. The molecule has 0 N–H and O–H groups in total. The highest BCUT2D eigenvalue weighted by Gasteiger charge is 2.03. The van der Waals surface area contributed by atoms with Crippen LogP contribution in [0.25, 0.3) is 6.08 Å². The fourth-order valence-corrected chi connectivity index (χ4v) is 1.53. The van der Waals surface area contributed by atoms with Crippen LogP contribution in [0.15, 0.2) is 30.3 Å². The summed E-state index contributed by atoms with van der Waals surface area (Å²) in [6.07, 6.45) is 5.68. The summed E-state index contributed by atoms with van der Waals surface area (Å²) in [5, 5.41) is 0. The molecule has 0 heterocycles. The van der Waals surface area contributed by atoms with E-state index in [1.165, 1.54) is 5.56 Å². The smallest absolute Gasteiger partial charge is 0.129 e. The van der Waals surface area contributed by atoms with Gasteiger partial charge in [0.15, 0.2) is 0 Å². The van der Waals surface area contributed by atoms with Gasteiger partial charge >= 0.3 is 0 Å². The number of benzene rings is 1. The minimum absolute atomic E-state index is 0.196. The molecule has 0 aliphatic carbocycles. The Hall–Kier alpha value is -1.57. The van der Waals surface area contributed by atoms with E-state index in [2.05, 4.69) is 32.9 Å². The lowest BCUT2D eigenvalue weighted by Gasteiger charge is -2.11. The van der Waals surface area contributed by atoms with Gasteiger partial charge in [0.2, 0.25) is 0 Å². The number of ether oxygens (including phenoxy) is 1. The first kappa shape index (κ1) is 15.5. The van der Waals surface area contributed by atoms with Gasteiger partial charge in [0.05, 0.1) is 6.61 Å². The highest BCUT2D eigenvalue weighted by atomic mass is 16.5. The molecular weight excluding hydrogens is 236 g/mol. The summed E-state index contributed by atoms with van der Waals surface area (Å²) >= 11 is 0. The van der Waals surface area contributed by atoms with Crippen molar-refractivity contribution in [2.24, 2.45) is 5.41 Å². The average molecular weight is 260 g/mol. The van der Waals surface area contributed by atoms with Crippen molar-refractivity contribution in [3.8, 4) is 5.75 Å². The van der Waals surface area contributed by atoms with E-state index >= 15 is 0 Å². The molecule has 1 aromatic carbocycles. The van der Waals surface area contributed by atoms with Crippen LogP contribution in [0.1, 0.15) is 46.1 Å². The Balaban J connectivity index is 2.43. The number of hydrogen-bond acceptors (Lipinski definition) is 2. The van der Waals surface area contributed by atoms with Crippen LogP contribution in [0, 0.1) is 5.41 Å². The maximum Gasteiger partial charge on any atom is 0.129 e. The highest BCUT2D eigenvalue weighted by Crippen LogP contribution is 2.19. The largest absolute Gasteiger partial charge is 0.494 e. The van der Waals surface area contributed by atoms with Gasteiger partial charge in [0.25, 0.3) is 0 Å². The third kappa shape index (κ3) is 7.45. The fraction of sp³-hybridized carbons (Fsp3) is 0.471. The first-order valence-corrected chi connectivity index (χ1v) is 6.78. The molecule has 0 unspecified atom stereocenters. The third-order valence-corrected chi connectivity index (χ3v) is 2.60. The molecule has 0 aliphatic heterocycles. The van der Waals surface area contributed by atoms with Gasteiger partial charge in [-0.3, -0.25) is 0 Å². The van der Waals surface area contributed by atoms with Gasteiger partial charge in [-0.25, -0.2) is 0 Å². The van der Waals surface area contributed by atoms with Crippen LogP contribution < -0.4 is 4.74 Å². The van der Waals surface area contributed by atoms with Crippen LogP contribution in [0.2, 0.25) is 0 Å². The predicted molar refractivity (Wildman–Crippen MR) is 80.3 cm³/mol. The Labute approximate surface area is 116 Å². The van der Waals surface area contributed by atoms with E-state index in [0.29, 0.717) is 13.0 Å². The van der Waals surface area contributed by atoms with Crippen molar-refractivity contribution in [2.75, 3.05) is 6.61 Å². The van der Waals surface area contributed by atoms with Gasteiger partial charge in [-0.05, 0) is 36.5 Å². The number of ketones is 1. The summed E-state index contributed by atoms with van der Waals surface area (Å²) in [5.41, 5.74) is 1.37. The number of hydrogen-bond donors (Lipinski definition) is 0. The first-order chi connectivity index (χ1) is 8.87. The summed E-state index contributed by atoms with van der Waals surface area (Å²) in [6, 6.07) is 8.03. The second kappa shape index (κ2) is 7.13. The molecule has 0 radical (unpaired) electrons. The van der Waals surface area contributed by atoms with Gasteiger partial charge in [-0.15, -0.1) is 0 Å². The molecule has 0 atom stereocenters. The molecule has 2 nitrogen and oxygen atoms in total. The molecule has 0 aromatic heterocycles. The lowest BCUT2D eigenvalue weighted by Crippen LogP contribution is -2.00. The monoisotopic (exact) mass is 260 g/mol. The van der Waals surface area contributed by atoms with Crippen molar-refractivity contribution in [2.45, 2.75) is 40.5 Å². The zero-order valence-electron chi connectivity index (χ0n) is 12.4. The van der Waals surface area contributed by atoms with Gasteiger partial charge in [0.1, 0.15) is 11.5 Å². The lowest BCUT2D eigenvalue weighted by atomic mass is 9.95. The molecule has 0 saturated carbocycles. The maximum absolute atomic E-state index is 10.8. The van der Waals surface area contributed by atoms with Gasteiger partial charge in [0, 0.05) is 6.42 Å². The summed E-state index contributed by atoms with van der Waals surface area (Å²) in [6.45, 7) is 8.73. The topological polar surface area (TPSA) is 26.3 Å². The molecule has 0 amide bonds. The van der Waals surface area contributed by atoms with Crippen molar-refractivity contribution in [1.29, 1.82) is 0 Å². The van der Waals surface area contributed by atoms with Crippen LogP contribution in [-0.4, -0.2) is 12.4 Å². The maximum atomic E-state index is 10.8. The molecule has 2 heteroatoms. The van der Waals surface area contributed by atoms with E-state index in [4.69, 9.17) is 4.74 Å². The Morgan fingerprint density at radius 2 is 1.84 bits per heavy atom. The van der Waals surface area contributed by atoms with Crippen molar-refractivity contribution in [1.82, 2.24) is 0 Å². The Morgan fingerprint density at radius 1 is 1.21 bits per heavy atom. The summed E-state index contributed by atoms with van der Waals surface area (Å²) < 4.78 is 5.58. The molecule has 0 saturated heterocycles. The van der Waals surface area contributed by atoms with E-state index in [1.807, 2.05) is 24.3 Å². The summed E-state index contributed by atoms with van der Waals surface area (Å²) in [7, 11) is 0. The normalized spacial score (nSPS) is 11.8. The van der Waals surface area contributed by atoms with Crippen molar-refractivity contribution in [3.63, 3.8) is 0 Å². The Kier molecular flexibility index (Phi) is 5.81. The first-order valence-electron chi connectivity index (χ1n) is 6.78. The second-order valence-corrected chi connectivity index (χ2v) is 5.92. The van der Waals surface area contributed by atoms with Gasteiger partial charge in [-0.1, -0.05) is 45.1 Å². The van der Waals surface area contributed by atoms with E-state index in [1.54, 1.807) is 6.92 Å². The predicted octanol–water partition coefficient (Wildman–Crippen LogP) is 4.49. The molecule has 0 bridgehead atoms. The second-order valence-electron chi connectivity index (χ2n) is 5.92. The highest BCUT2D eigenvalue weighted by molar-refractivity contribution is 5.75. The summed E-state index contributed by atoms with van der Waals surface area (Å²) in [4.78, 5) is 10.8. The minimum atomic E-state index is 0.196. The van der Waals surface area contributed by atoms with Crippen LogP contribution in [0.5, 0.6) is 5.75 Å². The van der Waals surface area contributed by atoms with Crippen LogP contribution in [0.4, 0.5) is 0 Å². The Morgan fingerprint density at radius 3 is 2.37 bits per heavy atom. The molecular formula is C17H24O2. The van der Waals surface area contributed by atoms with Crippen molar-refractivity contribution in [3.05, 3.63) is 35.9 Å². The molecule has 19 heavy (non-hydrogen) atoms. The number of Topliss-reactive ketones (excluding diaryl/α,β-unsaturated/α-hetero) is 1. The van der Waals surface area contributed by atoms with Gasteiger partial charge in [-0.2, -0.15) is 0 Å². The quantitative estimate of drug-likeness (QED) is 0.704. The molecule has 0 spiro atoms. The molecule has 0 fully saturated rings. The fourth-order valence-electron chi connectivity index (χ4n) is 1.53. The van der Waals surface area contributed by atoms with E-state index in [-0.39, 0.29) is 11.2 Å². The molecule has 1 aromatic rings. The number of carbonyl (C=O) groups excluding carboxylic acids is 1. The zero-order valence-corrected chi connectivity index (χ0v) is 12.4. The molecule has 1 rings (SSSR count). The Bertz CT molecular complexity index is 422. The number of rotatable bonds is 6. The van der Waals surface area contributed by atoms with E-state index < -0.39 is 0 Å². The number of carbonyl (C=O) groups is 1. The third-order valence-electron chi connectivity index (χ3n) is 2.60. The van der Waals surface area contributed by atoms with Crippen LogP contribution >= 0.6 is 0 Å². The molecule has 104 valence electrons. The minimum Gasteiger partial charge on any atom is -0.494 e. The lowest BCUT2D eigenvalue weighted by molar-refractivity contribution is -0.117. The van der Waals surface area contributed by atoms with Crippen molar-refractivity contribution >= 4 is 11.9 Å². The SMILES string of the molecule is CC(=O)CCCOc1ccc(/C=C\C(C)(C)C)cc1. The van der Waals surface area contributed by atoms with Crippen molar-refractivity contribution < 1.29 is 9.53 Å². The molecule has 0 aliphatic rings. The van der Waals surface area contributed by atoms with Crippen LogP contribution in [-0.2, 0) is 4.79 Å². The van der Waals surface area contributed by atoms with E-state index in [9.17, 15) is 4.79 Å². The summed E-state index contributed by atoms with van der Waals surface area (Å²) in [5.74, 6) is 1.07. The average Bonchev–Trinajstić information content (AvgIpc) is 2.32. The van der Waals surface area contributed by atoms with Gasteiger partial charge < -0.3 is 9.53 Å². The number of allylic oxidation sites excluding steroid dienone is 1.